The normalized spacial score (nSPS) is 10.8. The van der Waals surface area contributed by atoms with Crippen molar-refractivity contribution in [2.24, 2.45) is 0 Å². The summed E-state index contributed by atoms with van der Waals surface area (Å²) in [6.45, 7) is 5.30. The zero-order valence-electron chi connectivity index (χ0n) is 10.5. The van der Waals surface area contributed by atoms with Crippen molar-refractivity contribution in [1.82, 2.24) is 10.6 Å². The lowest BCUT2D eigenvalue weighted by atomic mass is 10.1. The Bertz CT molecular complexity index is 300. The fourth-order valence-electron chi connectivity index (χ4n) is 1.04. The van der Waals surface area contributed by atoms with Gasteiger partial charge in [0.25, 0.3) is 0 Å². The van der Waals surface area contributed by atoms with Gasteiger partial charge in [0.1, 0.15) is 5.54 Å². The van der Waals surface area contributed by atoms with Gasteiger partial charge in [0.05, 0.1) is 0 Å². The maximum Gasteiger partial charge on any atom is 0.328 e. The Morgan fingerprint density at radius 1 is 1.12 bits per heavy atom. The summed E-state index contributed by atoms with van der Waals surface area (Å²) in [5.74, 6) is -1.75. The summed E-state index contributed by atoms with van der Waals surface area (Å²) < 4.78 is 0. The number of carboxylic acid groups (broad SMARTS) is 1. The first-order valence-electron chi connectivity index (χ1n) is 5.60. The number of aliphatic carboxylic acids is 1. The second kappa shape index (κ2) is 6.88. The molecule has 6 heteroatoms. The molecule has 0 bridgehead atoms. The lowest BCUT2D eigenvalue weighted by molar-refractivity contribution is -0.146. The maximum absolute atomic E-state index is 11.4. The van der Waals surface area contributed by atoms with E-state index >= 15 is 0 Å². The number of carbonyl (C=O) groups excluding carboxylic acids is 2. The van der Waals surface area contributed by atoms with E-state index in [2.05, 4.69) is 10.6 Å². The van der Waals surface area contributed by atoms with Crippen LogP contribution >= 0.6 is 0 Å². The van der Waals surface area contributed by atoms with Crippen molar-refractivity contribution in [2.45, 2.75) is 45.6 Å². The summed E-state index contributed by atoms with van der Waals surface area (Å²) in [6, 6.07) is 0. The van der Waals surface area contributed by atoms with E-state index in [1.165, 1.54) is 13.8 Å². The van der Waals surface area contributed by atoms with E-state index in [0.29, 0.717) is 6.54 Å². The molecule has 0 aromatic rings. The van der Waals surface area contributed by atoms with Crippen LogP contribution in [0.1, 0.15) is 40.0 Å². The second-order valence-corrected chi connectivity index (χ2v) is 4.33. The zero-order chi connectivity index (χ0) is 13.5. The highest BCUT2D eigenvalue weighted by molar-refractivity contribution is 5.88. The third-order valence-corrected chi connectivity index (χ3v) is 2.14. The molecule has 0 aliphatic heterocycles. The van der Waals surface area contributed by atoms with Crippen LogP contribution in [0.5, 0.6) is 0 Å². The largest absolute Gasteiger partial charge is 0.480 e. The molecule has 0 rings (SSSR count). The molecule has 0 saturated carbocycles. The van der Waals surface area contributed by atoms with E-state index in [-0.39, 0.29) is 18.7 Å². The Labute approximate surface area is 101 Å². The predicted octanol–water partition coefficient (Wildman–Crippen LogP) is 0.272. The molecule has 6 nitrogen and oxygen atoms in total. The Hall–Kier alpha value is -1.59. The van der Waals surface area contributed by atoms with Gasteiger partial charge in [-0.05, 0) is 20.3 Å². The van der Waals surface area contributed by atoms with Crippen molar-refractivity contribution < 1.29 is 19.5 Å². The third kappa shape index (κ3) is 6.55. The van der Waals surface area contributed by atoms with Crippen LogP contribution in [0.2, 0.25) is 0 Å². The lowest BCUT2D eigenvalue weighted by Gasteiger charge is -2.20. The van der Waals surface area contributed by atoms with Crippen LogP contribution < -0.4 is 10.6 Å². The average Bonchev–Trinajstić information content (AvgIpc) is 2.22. The van der Waals surface area contributed by atoms with E-state index < -0.39 is 17.4 Å². The van der Waals surface area contributed by atoms with Crippen LogP contribution in [0.4, 0.5) is 0 Å². The topological polar surface area (TPSA) is 95.5 Å². The Morgan fingerprint density at radius 3 is 2.12 bits per heavy atom. The molecule has 2 amide bonds. The van der Waals surface area contributed by atoms with Gasteiger partial charge in [0, 0.05) is 19.4 Å². The number of rotatable bonds is 7. The maximum atomic E-state index is 11.4. The van der Waals surface area contributed by atoms with Gasteiger partial charge in [-0.25, -0.2) is 4.79 Å². The van der Waals surface area contributed by atoms with Crippen molar-refractivity contribution in [1.29, 1.82) is 0 Å². The minimum absolute atomic E-state index is 0.00768. The van der Waals surface area contributed by atoms with E-state index in [1.807, 2.05) is 6.92 Å². The SMILES string of the molecule is CCCNC(=O)CCC(=O)NC(C)(C)C(=O)O. The summed E-state index contributed by atoms with van der Waals surface area (Å²) in [6.07, 6.45) is 0.901. The number of carboxylic acids is 1. The molecule has 0 heterocycles. The average molecular weight is 244 g/mol. The fourth-order valence-corrected chi connectivity index (χ4v) is 1.04. The summed E-state index contributed by atoms with van der Waals surface area (Å²) in [4.78, 5) is 33.3. The first-order valence-corrected chi connectivity index (χ1v) is 5.60. The standard InChI is InChI=1S/C11H20N2O4/c1-4-7-12-8(14)5-6-9(15)13-11(2,3)10(16)17/h4-7H2,1-3H3,(H,12,14)(H,13,15)(H,16,17). The van der Waals surface area contributed by atoms with Gasteiger partial charge in [-0.2, -0.15) is 0 Å². The molecule has 98 valence electrons. The van der Waals surface area contributed by atoms with Gasteiger partial charge >= 0.3 is 5.97 Å². The number of hydrogen-bond donors (Lipinski definition) is 3. The van der Waals surface area contributed by atoms with Gasteiger partial charge in [0.15, 0.2) is 0 Å². The molecule has 0 saturated heterocycles. The Morgan fingerprint density at radius 2 is 1.65 bits per heavy atom. The van der Waals surface area contributed by atoms with Crippen molar-refractivity contribution in [3.63, 3.8) is 0 Å². The van der Waals surface area contributed by atoms with Crippen LogP contribution in [0.25, 0.3) is 0 Å². The van der Waals surface area contributed by atoms with Crippen LogP contribution in [0.3, 0.4) is 0 Å². The molecule has 0 fully saturated rings. The summed E-state index contributed by atoms with van der Waals surface area (Å²) in [5, 5.41) is 13.8. The number of amides is 2. The highest BCUT2D eigenvalue weighted by Crippen LogP contribution is 2.03. The van der Waals surface area contributed by atoms with Crippen molar-refractivity contribution in [3.8, 4) is 0 Å². The summed E-state index contributed by atoms with van der Waals surface area (Å²) in [5.41, 5.74) is -1.31. The number of hydrogen-bond acceptors (Lipinski definition) is 3. The van der Waals surface area contributed by atoms with Crippen LogP contribution in [-0.2, 0) is 14.4 Å². The molecule has 0 aromatic heterocycles. The van der Waals surface area contributed by atoms with Gasteiger partial charge in [-0.15, -0.1) is 0 Å². The molecule has 0 unspecified atom stereocenters. The lowest BCUT2D eigenvalue weighted by Crippen LogP contribution is -2.49. The van der Waals surface area contributed by atoms with Gasteiger partial charge in [0.2, 0.25) is 11.8 Å². The molecule has 0 radical (unpaired) electrons. The smallest absolute Gasteiger partial charge is 0.328 e. The van der Waals surface area contributed by atoms with Crippen LogP contribution in [0.15, 0.2) is 0 Å². The van der Waals surface area contributed by atoms with Crippen molar-refractivity contribution >= 4 is 17.8 Å². The van der Waals surface area contributed by atoms with E-state index in [9.17, 15) is 14.4 Å². The number of carbonyl (C=O) groups is 3. The quantitative estimate of drug-likeness (QED) is 0.599. The minimum Gasteiger partial charge on any atom is -0.480 e. The van der Waals surface area contributed by atoms with E-state index in [1.54, 1.807) is 0 Å². The molecule has 0 aromatic carbocycles. The number of nitrogens with one attached hydrogen (secondary N) is 2. The molecular weight excluding hydrogens is 224 g/mol. The molecule has 0 aliphatic rings. The van der Waals surface area contributed by atoms with Gasteiger partial charge in [-0.3, -0.25) is 9.59 Å². The highest BCUT2D eigenvalue weighted by Gasteiger charge is 2.28. The van der Waals surface area contributed by atoms with E-state index in [0.717, 1.165) is 6.42 Å². The molecule has 17 heavy (non-hydrogen) atoms. The fraction of sp³-hybridized carbons (Fsp3) is 0.727. The van der Waals surface area contributed by atoms with E-state index in [4.69, 9.17) is 5.11 Å². The van der Waals surface area contributed by atoms with Crippen molar-refractivity contribution in [3.05, 3.63) is 0 Å². The third-order valence-electron chi connectivity index (χ3n) is 2.14. The molecule has 0 spiro atoms. The van der Waals surface area contributed by atoms with Crippen LogP contribution in [-0.4, -0.2) is 35.0 Å². The molecular formula is C11H20N2O4. The molecule has 0 aliphatic carbocycles. The first-order chi connectivity index (χ1) is 7.79. The first kappa shape index (κ1) is 15.4. The minimum atomic E-state index is -1.31. The summed E-state index contributed by atoms with van der Waals surface area (Å²) in [7, 11) is 0. The molecule has 3 N–H and O–H groups in total. The Kier molecular flexibility index (Phi) is 6.23. The molecule has 0 atom stereocenters. The Balaban J connectivity index is 3.96. The second-order valence-electron chi connectivity index (χ2n) is 4.33. The van der Waals surface area contributed by atoms with Crippen LogP contribution in [0, 0.1) is 0 Å². The summed E-state index contributed by atoms with van der Waals surface area (Å²) >= 11 is 0. The van der Waals surface area contributed by atoms with Gasteiger partial charge in [-0.1, -0.05) is 6.92 Å². The predicted molar refractivity (Wildman–Crippen MR) is 62.4 cm³/mol. The highest BCUT2D eigenvalue weighted by atomic mass is 16.4. The zero-order valence-corrected chi connectivity index (χ0v) is 10.5. The monoisotopic (exact) mass is 244 g/mol. The van der Waals surface area contributed by atoms with Crippen molar-refractivity contribution in [2.75, 3.05) is 6.54 Å². The van der Waals surface area contributed by atoms with Gasteiger partial charge < -0.3 is 15.7 Å².